The maximum Gasteiger partial charge on any atom is 0.394 e. The number of hydrogen-bond acceptors (Lipinski definition) is 1. The van der Waals surface area contributed by atoms with Crippen LogP contribution in [0.5, 0.6) is 0 Å². The lowest BCUT2D eigenvalue weighted by molar-refractivity contribution is -0.211. The Hall–Kier alpha value is -4.12. The number of rotatable bonds is 4. The molecule has 0 saturated carbocycles. The molecule has 0 aliphatic heterocycles. The van der Waals surface area contributed by atoms with Gasteiger partial charge in [-0.25, -0.2) is 0 Å². The maximum atomic E-state index is 13.8. The van der Waals surface area contributed by atoms with Crippen molar-refractivity contribution in [3.05, 3.63) is 108 Å². The van der Waals surface area contributed by atoms with Crippen LogP contribution in [0, 0.1) is 5.41 Å². The normalized spacial score (nSPS) is 13.0. The third kappa shape index (κ3) is 4.67. The highest BCUT2D eigenvalue weighted by atomic mass is 19.4. The minimum Gasteiger partial charge on any atom is -0.307 e. The van der Waals surface area contributed by atoms with E-state index in [9.17, 15) is 13.2 Å². The van der Waals surface area contributed by atoms with Gasteiger partial charge < -0.3 is 4.57 Å². The molecule has 5 heteroatoms. The summed E-state index contributed by atoms with van der Waals surface area (Å²) in [7, 11) is 0. The van der Waals surface area contributed by atoms with E-state index in [2.05, 4.69) is 61.7 Å². The summed E-state index contributed by atoms with van der Waals surface area (Å²) in [6, 6.07) is 30.6. The van der Waals surface area contributed by atoms with Crippen LogP contribution in [0.2, 0.25) is 0 Å². The molecule has 0 N–H and O–H groups in total. The molecule has 208 valence electrons. The first-order valence-electron chi connectivity index (χ1n) is 13.9. The third-order valence-electron chi connectivity index (χ3n) is 8.11. The Morgan fingerprint density at radius 2 is 1.41 bits per heavy atom. The van der Waals surface area contributed by atoms with Gasteiger partial charge in [0.05, 0.1) is 22.1 Å². The first-order valence-corrected chi connectivity index (χ1v) is 13.9. The predicted molar refractivity (Wildman–Crippen MR) is 164 cm³/mol. The Morgan fingerprint density at radius 1 is 0.707 bits per heavy atom. The molecule has 2 nitrogen and oxygen atoms in total. The van der Waals surface area contributed by atoms with Crippen LogP contribution < -0.4 is 0 Å². The van der Waals surface area contributed by atoms with E-state index in [1.807, 2.05) is 60.8 Å². The van der Waals surface area contributed by atoms with E-state index in [1.165, 1.54) is 24.8 Å². The van der Waals surface area contributed by atoms with Crippen molar-refractivity contribution in [2.45, 2.75) is 52.6 Å². The second-order valence-corrected chi connectivity index (χ2v) is 12.6. The Bertz CT molecular complexity index is 1910. The summed E-state index contributed by atoms with van der Waals surface area (Å²) in [5.41, 5.74) is 4.56. The predicted octanol–water partition coefficient (Wildman–Crippen LogP) is 10.4. The topological polar surface area (TPSA) is 17.8 Å². The number of aromatic nitrogens is 2. The number of fused-ring (bicyclic) bond motifs is 4. The van der Waals surface area contributed by atoms with Crippen molar-refractivity contribution in [1.82, 2.24) is 9.55 Å². The Kier molecular flexibility index (Phi) is 6.25. The molecule has 4 aromatic carbocycles. The van der Waals surface area contributed by atoms with Crippen molar-refractivity contribution in [2.24, 2.45) is 5.41 Å². The van der Waals surface area contributed by atoms with Gasteiger partial charge in [-0.1, -0.05) is 89.2 Å². The van der Waals surface area contributed by atoms with Crippen LogP contribution in [-0.2, 0) is 11.8 Å². The van der Waals surface area contributed by atoms with Gasteiger partial charge in [0.25, 0.3) is 0 Å². The molecular formula is C36H33F3N2. The molecule has 0 bridgehead atoms. The van der Waals surface area contributed by atoms with Crippen LogP contribution in [0.25, 0.3) is 49.5 Å². The molecule has 0 amide bonds. The number of para-hydroxylation sites is 1. The fraction of sp³-hybridized carbons (Fsp3) is 0.250. The van der Waals surface area contributed by atoms with E-state index in [1.54, 1.807) is 0 Å². The quantitative estimate of drug-likeness (QED) is 0.213. The molecule has 0 radical (unpaired) electrons. The average Bonchev–Trinajstić information content (AvgIpc) is 3.25. The fourth-order valence-electron chi connectivity index (χ4n) is 5.85. The largest absolute Gasteiger partial charge is 0.394 e. The van der Waals surface area contributed by atoms with Gasteiger partial charge >= 0.3 is 6.18 Å². The van der Waals surface area contributed by atoms with Crippen LogP contribution in [-0.4, -0.2) is 15.7 Å². The summed E-state index contributed by atoms with van der Waals surface area (Å²) < 4.78 is 43.6. The third-order valence-corrected chi connectivity index (χ3v) is 8.11. The van der Waals surface area contributed by atoms with E-state index in [-0.39, 0.29) is 11.8 Å². The molecule has 0 aliphatic rings. The lowest BCUT2D eigenvalue weighted by Crippen LogP contribution is -2.34. The van der Waals surface area contributed by atoms with Gasteiger partial charge in [-0.05, 0) is 70.1 Å². The molecule has 6 aromatic rings. The monoisotopic (exact) mass is 550 g/mol. The first-order chi connectivity index (χ1) is 19.3. The van der Waals surface area contributed by atoms with Crippen molar-refractivity contribution in [3.8, 4) is 16.9 Å². The molecule has 0 aliphatic carbocycles. The SMILES string of the molecule is CC(C)(C)c1cc(-c2nccc3c4ccc(CC(C)(C)C(F)(F)F)cc4n(-c4ccccc4)c23)cc2ccccc12. The van der Waals surface area contributed by atoms with E-state index in [4.69, 9.17) is 4.98 Å². The van der Waals surface area contributed by atoms with Gasteiger partial charge in [0.15, 0.2) is 0 Å². The van der Waals surface area contributed by atoms with Gasteiger partial charge in [-0.3, -0.25) is 4.98 Å². The van der Waals surface area contributed by atoms with Crippen molar-refractivity contribution < 1.29 is 13.2 Å². The minimum atomic E-state index is -4.30. The number of pyridine rings is 1. The zero-order valence-electron chi connectivity index (χ0n) is 24.0. The second-order valence-electron chi connectivity index (χ2n) is 12.6. The molecule has 6 rings (SSSR count). The smallest absolute Gasteiger partial charge is 0.307 e. The zero-order valence-corrected chi connectivity index (χ0v) is 24.0. The van der Waals surface area contributed by atoms with Crippen LogP contribution >= 0.6 is 0 Å². The summed E-state index contributed by atoms with van der Waals surface area (Å²) in [6.07, 6.45) is -2.57. The maximum absolute atomic E-state index is 13.8. The summed E-state index contributed by atoms with van der Waals surface area (Å²) in [4.78, 5) is 4.93. The highest BCUT2D eigenvalue weighted by Crippen LogP contribution is 2.43. The lowest BCUT2D eigenvalue weighted by atomic mass is 9.82. The number of benzene rings is 4. The standard InChI is InChI=1S/C36H33F3N2/c1-34(2,3)30-21-25(20-24-11-9-10-14-27(24)30)32-33-29(17-18-40-32)28-16-15-23(22-35(4,5)36(37,38)39)19-31(28)41(33)26-12-7-6-8-13-26/h6-21H,22H2,1-5H3. The summed E-state index contributed by atoms with van der Waals surface area (Å²) in [5, 5.41) is 4.36. The number of halogens is 3. The van der Waals surface area contributed by atoms with Crippen LogP contribution in [0.4, 0.5) is 13.2 Å². The van der Waals surface area contributed by atoms with E-state index in [0.29, 0.717) is 5.56 Å². The van der Waals surface area contributed by atoms with Gasteiger partial charge in [0.2, 0.25) is 0 Å². The molecule has 2 heterocycles. The molecule has 41 heavy (non-hydrogen) atoms. The summed E-state index contributed by atoms with van der Waals surface area (Å²) in [5.74, 6) is 0. The van der Waals surface area contributed by atoms with E-state index >= 15 is 0 Å². The lowest BCUT2D eigenvalue weighted by Gasteiger charge is -2.27. The fourth-order valence-corrected chi connectivity index (χ4v) is 5.85. The van der Waals surface area contributed by atoms with Crippen molar-refractivity contribution in [2.75, 3.05) is 0 Å². The van der Waals surface area contributed by atoms with Crippen molar-refractivity contribution in [3.63, 3.8) is 0 Å². The number of alkyl halides is 3. The first kappa shape index (κ1) is 27.1. The Balaban J connectivity index is 1.68. The Morgan fingerprint density at radius 3 is 2.12 bits per heavy atom. The highest BCUT2D eigenvalue weighted by Gasteiger charge is 2.47. The highest BCUT2D eigenvalue weighted by molar-refractivity contribution is 6.13. The van der Waals surface area contributed by atoms with Crippen LogP contribution in [0.15, 0.2) is 97.2 Å². The van der Waals surface area contributed by atoms with Gasteiger partial charge in [0, 0.05) is 28.2 Å². The average molecular weight is 551 g/mol. The minimum absolute atomic E-state index is 0.0875. The van der Waals surface area contributed by atoms with Gasteiger partial charge in [-0.2, -0.15) is 13.2 Å². The molecular weight excluding hydrogens is 517 g/mol. The van der Waals surface area contributed by atoms with Crippen LogP contribution in [0.3, 0.4) is 0 Å². The Labute approximate surface area is 238 Å². The van der Waals surface area contributed by atoms with E-state index in [0.717, 1.165) is 44.1 Å². The zero-order chi connectivity index (χ0) is 29.2. The van der Waals surface area contributed by atoms with Gasteiger partial charge in [-0.15, -0.1) is 0 Å². The van der Waals surface area contributed by atoms with Crippen molar-refractivity contribution >= 4 is 32.6 Å². The van der Waals surface area contributed by atoms with Crippen molar-refractivity contribution in [1.29, 1.82) is 0 Å². The molecule has 0 unspecified atom stereocenters. The molecule has 0 spiro atoms. The van der Waals surface area contributed by atoms with E-state index < -0.39 is 11.6 Å². The van der Waals surface area contributed by atoms with Gasteiger partial charge in [0.1, 0.15) is 0 Å². The molecule has 0 fully saturated rings. The number of nitrogens with zero attached hydrogens (tertiary/aromatic N) is 2. The number of hydrogen-bond donors (Lipinski definition) is 0. The second kappa shape index (κ2) is 9.47. The molecule has 2 aromatic heterocycles. The summed E-state index contributed by atoms with van der Waals surface area (Å²) in [6.45, 7) is 9.18. The van der Waals surface area contributed by atoms with Crippen LogP contribution in [0.1, 0.15) is 45.7 Å². The molecule has 0 atom stereocenters. The molecule has 0 saturated heterocycles. The summed E-state index contributed by atoms with van der Waals surface area (Å²) >= 11 is 0.